The fourth-order valence-corrected chi connectivity index (χ4v) is 9.35. The van der Waals surface area contributed by atoms with Gasteiger partial charge in [-0.3, -0.25) is 14.4 Å². The highest BCUT2D eigenvalue weighted by Crippen LogP contribution is 2.17. The molecule has 0 fully saturated rings. The normalized spacial score (nSPS) is 12.8. The predicted octanol–water partition coefficient (Wildman–Crippen LogP) is 23.0. The van der Waals surface area contributed by atoms with Crippen molar-refractivity contribution in [1.82, 2.24) is 0 Å². The molecule has 0 radical (unpaired) electrons. The molecule has 0 spiro atoms. The van der Waals surface area contributed by atoms with E-state index < -0.39 is 6.10 Å². The molecule has 6 nitrogen and oxygen atoms in total. The maximum Gasteiger partial charge on any atom is 0.306 e. The van der Waals surface area contributed by atoms with Crippen LogP contribution < -0.4 is 0 Å². The summed E-state index contributed by atoms with van der Waals surface area (Å²) in [4.78, 5) is 38.4. The molecule has 0 saturated carbocycles. The highest BCUT2D eigenvalue weighted by Gasteiger charge is 2.19. The highest BCUT2D eigenvalue weighted by molar-refractivity contribution is 5.71. The molecule has 0 bridgehead atoms. The molecule has 0 aromatic carbocycles. The number of hydrogen-bond acceptors (Lipinski definition) is 6. The molecule has 79 heavy (non-hydrogen) atoms. The molecule has 0 rings (SSSR count). The third-order valence-corrected chi connectivity index (χ3v) is 14.3. The van der Waals surface area contributed by atoms with E-state index in [1.807, 2.05) is 0 Å². The maximum absolute atomic E-state index is 12.9. The molecule has 0 N–H and O–H groups in total. The summed E-state index contributed by atoms with van der Waals surface area (Å²) in [6.07, 6.45) is 91.1. The van der Waals surface area contributed by atoms with Gasteiger partial charge in [0.25, 0.3) is 0 Å². The Labute approximate surface area is 489 Å². The zero-order chi connectivity index (χ0) is 57.1. The van der Waals surface area contributed by atoms with Gasteiger partial charge in [0.05, 0.1) is 0 Å². The van der Waals surface area contributed by atoms with Crippen molar-refractivity contribution in [3.8, 4) is 0 Å². The Balaban J connectivity index is 4.42. The summed E-state index contributed by atoms with van der Waals surface area (Å²) < 4.78 is 16.9. The minimum atomic E-state index is -0.808. The Hall–Kier alpha value is -3.93. The minimum Gasteiger partial charge on any atom is -0.462 e. The molecule has 1 atom stereocenters. The van der Waals surface area contributed by atoms with E-state index in [4.69, 9.17) is 14.2 Å². The van der Waals surface area contributed by atoms with Crippen molar-refractivity contribution in [2.45, 2.75) is 322 Å². The van der Waals surface area contributed by atoms with E-state index in [1.165, 1.54) is 161 Å². The van der Waals surface area contributed by atoms with Crippen molar-refractivity contribution in [2.75, 3.05) is 13.2 Å². The van der Waals surface area contributed by atoms with Gasteiger partial charge < -0.3 is 14.2 Å². The summed E-state index contributed by atoms with van der Waals surface area (Å²) in [6.45, 7) is 6.40. The van der Waals surface area contributed by atoms with Gasteiger partial charge in [0.1, 0.15) is 13.2 Å². The Morgan fingerprint density at radius 2 is 0.506 bits per heavy atom. The van der Waals surface area contributed by atoms with Gasteiger partial charge in [-0.1, -0.05) is 310 Å². The molecule has 0 aliphatic carbocycles. The third-order valence-electron chi connectivity index (χ3n) is 14.3. The fraction of sp³-hybridized carbons (Fsp3) is 0.712. The van der Waals surface area contributed by atoms with Gasteiger partial charge in [-0.25, -0.2) is 0 Å². The SMILES string of the molecule is CC/C=C\C/C=C\C/C=C\C/C=C\C/C=C\CCCC(=O)OCC(COC(=O)CCCCCCCCCCCCCCCCCCCCCCCCC)OC(=O)CCCCCCCCCC/C=C\C/C=C\C/C=C\C/C=C\CC. The topological polar surface area (TPSA) is 78.9 Å². The van der Waals surface area contributed by atoms with Crippen LogP contribution in [0.4, 0.5) is 0 Å². The first-order valence-corrected chi connectivity index (χ1v) is 33.4. The molecule has 0 aliphatic heterocycles. The second kappa shape index (κ2) is 66.6. The van der Waals surface area contributed by atoms with Gasteiger partial charge >= 0.3 is 17.9 Å². The molecule has 0 aromatic heterocycles. The van der Waals surface area contributed by atoms with Gasteiger partial charge in [-0.15, -0.1) is 0 Å². The Bertz CT molecular complexity index is 1590. The molecule has 0 heterocycles. The number of allylic oxidation sites excluding steroid dienone is 18. The second-order valence-electron chi connectivity index (χ2n) is 22.0. The molecule has 0 aromatic rings. The van der Waals surface area contributed by atoms with Crippen LogP contribution in [0.3, 0.4) is 0 Å². The lowest BCUT2D eigenvalue weighted by Gasteiger charge is -2.18. The molecular weight excluding hydrogens is 973 g/mol. The first kappa shape index (κ1) is 75.1. The Morgan fingerprint density at radius 3 is 0.823 bits per heavy atom. The number of ether oxygens (including phenoxy) is 3. The number of rotatable bonds is 60. The van der Waals surface area contributed by atoms with Crippen molar-refractivity contribution >= 4 is 17.9 Å². The van der Waals surface area contributed by atoms with Crippen molar-refractivity contribution in [3.63, 3.8) is 0 Å². The van der Waals surface area contributed by atoms with Crippen molar-refractivity contribution < 1.29 is 28.6 Å². The van der Waals surface area contributed by atoms with E-state index >= 15 is 0 Å². The predicted molar refractivity (Wildman–Crippen MR) is 343 cm³/mol. The van der Waals surface area contributed by atoms with Gasteiger partial charge in [0.2, 0.25) is 0 Å². The minimum absolute atomic E-state index is 0.0977. The van der Waals surface area contributed by atoms with Crippen LogP contribution in [0.1, 0.15) is 316 Å². The quantitative estimate of drug-likeness (QED) is 0.0261. The zero-order valence-electron chi connectivity index (χ0n) is 51.9. The monoisotopic (exact) mass is 1100 g/mol. The van der Waals surface area contributed by atoms with Crippen LogP contribution in [-0.4, -0.2) is 37.2 Å². The lowest BCUT2D eigenvalue weighted by molar-refractivity contribution is -0.167. The second-order valence-corrected chi connectivity index (χ2v) is 22.0. The van der Waals surface area contributed by atoms with Crippen LogP contribution >= 0.6 is 0 Å². The Morgan fingerprint density at radius 1 is 0.266 bits per heavy atom. The summed E-state index contributed by atoms with van der Waals surface area (Å²) in [5.74, 6) is -0.955. The molecular formula is C73H124O6. The summed E-state index contributed by atoms with van der Waals surface area (Å²) in [5.41, 5.74) is 0. The summed E-state index contributed by atoms with van der Waals surface area (Å²) in [5, 5.41) is 0. The molecule has 1 unspecified atom stereocenters. The van der Waals surface area contributed by atoms with Gasteiger partial charge in [0.15, 0.2) is 6.10 Å². The van der Waals surface area contributed by atoms with Gasteiger partial charge in [-0.05, 0) is 96.3 Å². The highest BCUT2D eigenvalue weighted by atomic mass is 16.6. The average Bonchev–Trinajstić information content (AvgIpc) is 3.45. The fourth-order valence-electron chi connectivity index (χ4n) is 9.35. The summed E-state index contributed by atoms with van der Waals surface area (Å²) in [6, 6.07) is 0. The Kier molecular flexibility index (Phi) is 63.3. The lowest BCUT2D eigenvalue weighted by Crippen LogP contribution is -2.30. The van der Waals surface area contributed by atoms with E-state index in [1.54, 1.807) is 0 Å². The van der Waals surface area contributed by atoms with Crippen molar-refractivity contribution in [3.05, 3.63) is 109 Å². The van der Waals surface area contributed by atoms with Crippen LogP contribution in [0, 0.1) is 0 Å². The lowest BCUT2D eigenvalue weighted by atomic mass is 10.0. The number of hydrogen-bond donors (Lipinski definition) is 0. The van der Waals surface area contributed by atoms with Crippen molar-refractivity contribution in [1.29, 1.82) is 0 Å². The number of carbonyl (C=O) groups is 3. The van der Waals surface area contributed by atoms with Crippen LogP contribution in [0.2, 0.25) is 0 Å². The van der Waals surface area contributed by atoms with Crippen LogP contribution in [-0.2, 0) is 28.6 Å². The number of unbranched alkanes of at least 4 members (excludes halogenated alkanes) is 31. The smallest absolute Gasteiger partial charge is 0.306 e. The largest absolute Gasteiger partial charge is 0.462 e. The van der Waals surface area contributed by atoms with Gasteiger partial charge in [-0.2, -0.15) is 0 Å². The van der Waals surface area contributed by atoms with Crippen molar-refractivity contribution in [2.24, 2.45) is 0 Å². The molecule has 0 aliphatic rings. The van der Waals surface area contributed by atoms with Gasteiger partial charge in [0, 0.05) is 19.3 Å². The van der Waals surface area contributed by atoms with E-state index in [2.05, 4.69) is 130 Å². The van der Waals surface area contributed by atoms with E-state index in [9.17, 15) is 14.4 Å². The average molecular weight is 1100 g/mol. The van der Waals surface area contributed by atoms with Crippen LogP contribution in [0.15, 0.2) is 109 Å². The first-order chi connectivity index (χ1) is 39.0. The molecule has 0 amide bonds. The third kappa shape index (κ3) is 64.8. The summed E-state index contributed by atoms with van der Waals surface area (Å²) >= 11 is 0. The van der Waals surface area contributed by atoms with E-state index in [0.717, 1.165) is 109 Å². The van der Waals surface area contributed by atoms with Crippen LogP contribution in [0.25, 0.3) is 0 Å². The maximum atomic E-state index is 12.9. The molecule has 452 valence electrons. The van der Waals surface area contributed by atoms with E-state index in [-0.39, 0.29) is 37.5 Å². The van der Waals surface area contributed by atoms with E-state index in [0.29, 0.717) is 19.3 Å². The molecule has 6 heteroatoms. The van der Waals surface area contributed by atoms with Crippen LogP contribution in [0.5, 0.6) is 0 Å². The molecule has 0 saturated heterocycles. The number of esters is 3. The standard InChI is InChI=1S/C73H124O6/c1-4-7-10-13-16-19-22-25-28-31-33-35-36-38-39-42-45-48-51-54-57-60-63-66-72(75)78-69-70(68-77-71(74)65-62-59-56-53-50-47-44-41-30-27-24-21-18-15-12-9-6-3)79-73(76)67-64-61-58-55-52-49-46-43-40-37-34-32-29-26-23-20-17-14-11-8-5-2/h8-9,11-12,17-18,20-21,26-27,29-30,34,37,44,47,53,56,70H,4-7,10,13-16,19,22-25,28,31-33,35-36,38-43,45-46,48-52,54-55,57-69H2,1-3H3/b11-8-,12-9-,20-17-,21-18-,29-26-,30-27-,37-34-,47-44-,56-53-. The number of carbonyl (C=O) groups excluding carboxylic acids is 3. The summed E-state index contributed by atoms with van der Waals surface area (Å²) in [7, 11) is 0. The first-order valence-electron chi connectivity index (χ1n) is 33.4. The zero-order valence-corrected chi connectivity index (χ0v) is 51.9.